The van der Waals surface area contributed by atoms with Crippen LogP contribution >= 0.6 is 23.2 Å². The van der Waals surface area contributed by atoms with Crippen LogP contribution in [0.2, 0.25) is 10.0 Å². The second-order valence-electron chi connectivity index (χ2n) is 4.72. The summed E-state index contributed by atoms with van der Waals surface area (Å²) in [5.41, 5.74) is 1.04. The zero-order chi connectivity index (χ0) is 12.4. The molecule has 1 aromatic rings. The highest BCUT2D eigenvalue weighted by molar-refractivity contribution is 6.43. The van der Waals surface area contributed by atoms with E-state index in [1.54, 1.807) is 0 Å². The van der Waals surface area contributed by atoms with Crippen LogP contribution in [0, 0.1) is 0 Å². The summed E-state index contributed by atoms with van der Waals surface area (Å²) in [5, 5.41) is 1.29. The Morgan fingerprint density at radius 2 is 1.88 bits per heavy atom. The number of rotatable bonds is 2. The molecule has 17 heavy (non-hydrogen) atoms. The van der Waals surface area contributed by atoms with Gasteiger partial charge in [0.2, 0.25) is 0 Å². The fourth-order valence-electron chi connectivity index (χ4n) is 2.34. The molecule has 0 aromatic heterocycles. The Balaban J connectivity index is 2.14. The molecule has 1 saturated heterocycles. The Hall–Kier alpha value is -0.440. The molecule has 2 rings (SSSR count). The van der Waals surface area contributed by atoms with Crippen LogP contribution in [0.15, 0.2) is 18.2 Å². The molecule has 1 fully saturated rings. The molecular weight excluding hydrogens is 255 g/mol. The van der Waals surface area contributed by atoms with E-state index in [4.69, 9.17) is 23.2 Å². The average molecular weight is 273 g/mol. The van der Waals surface area contributed by atoms with Crippen molar-refractivity contribution in [2.24, 2.45) is 0 Å². The summed E-state index contributed by atoms with van der Waals surface area (Å²) in [5.74, 6) is 0. The van der Waals surface area contributed by atoms with Crippen LogP contribution in [-0.4, -0.2) is 38.1 Å². The van der Waals surface area contributed by atoms with E-state index in [-0.39, 0.29) is 0 Å². The van der Waals surface area contributed by atoms with E-state index in [0.29, 0.717) is 16.1 Å². The summed E-state index contributed by atoms with van der Waals surface area (Å²) in [7, 11) is 4.27. The van der Waals surface area contributed by atoms with Crippen LogP contribution in [0.1, 0.15) is 12.8 Å². The molecule has 1 heterocycles. The number of nitrogens with zero attached hydrogens (tertiary/aromatic N) is 2. The lowest BCUT2D eigenvalue weighted by atomic mass is 10.0. The molecule has 0 N–H and O–H groups in total. The molecule has 0 bridgehead atoms. The third-order valence-corrected chi connectivity index (χ3v) is 4.36. The standard InChI is InChI=1S/C13H18Cl2N2/c1-16-8-6-10(7-9-16)17(2)12-5-3-4-11(14)13(12)15/h3-5,10H,6-9H2,1-2H3. The molecule has 0 amide bonds. The van der Waals surface area contributed by atoms with Crippen LogP contribution in [-0.2, 0) is 0 Å². The van der Waals surface area contributed by atoms with Gasteiger partial charge in [-0.1, -0.05) is 29.3 Å². The molecule has 94 valence electrons. The van der Waals surface area contributed by atoms with Crippen molar-refractivity contribution in [2.75, 3.05) is 32.1 Å². The van der Waals surface area contributed by atoms with Gasteiger partial charge >= 0.3 is 0 Å². The summed E-state index contributed by atoms with van der Waals surface area (Å²) in [6, 6.07) is 6.37. The van der Waals surface area contributed by atoms with Gasteiger partial charge in [0.05, 0.1) is 15.7 Å². The zero-order valence-electron chi connectivity index (χ0n) is 10.3. The van der Waals surface area contributed by atoms with Crippen molar-refractivity contribution in [1.82, 2.24) is 4.90 Å². The zero-order valence-corrected chi connectivity index (χ0v) is 11.8. The van der Waals surface area contributed by atoms with E-state index in [0.717, 1.165) is 18.8 Å². The molecule has 0 radical (unpaired) electrons. The van der Waals surface area contributed by atoms with Gasteiger partial charge in [-0.25, -0.2) is 0 Å². The van der Waals surface area contributed by atoms with Crippen molar-refractivity contribution in [3.8, 4) is 0 Å². The van der Waals surface area contributed by atoms with Gasteiger partial charge in [-0.05, 0) is 45.1 Å². The Labute approximate surface area is 113 Å². The number of halogens is 2. The predicted molar refractivity (Wildman–Crippen MR) is 75.4 cm³/mol. The van der Waals surface area contributed by atoms with Crippen molar-refractivity contribution in [1.29, 1.82) is 0 Å². The van der Waals surface area contributed by atoms with Gasteiger partial charge in [-0.3, -0.25) is 0 Å². The quantitative estimate of drug-likeness (QED) is 0.813. The minimum Gasteiger partial charge on any atom is -0.370 e. The molecule has 0 spiro atoms. The Kier molecular flexibility index (Phi) is 4.18. The van der Waals surface area contributed by atoms with Crippen LogP contribution < -0.4 is 4.90 Å². The van der Waals surface area contributed by atoms with Gasteiger partial charge in [-0.2, -0.15) is 0 Å². The molecule has 2 nitrogen and oxygen atoms in total. The predicted octanol–water partition coefficient (Wildman–Crippen LogP) is 3.52. The van der Waals surface area contributed by atoms with Crippen LogP contribution in [0.5, 0.6) is 0 Å². The lowest BCUT2D eigenvalue weighted by molar-refractivity contribution is 0.253. The minimum atomic E-state index is 0.558. The molecule has 0 aliphatic carbocycles. The SMILES string of the molecule is CN1CCC(N(C)c2cccc(Cl)c2Cl)CC1. The largest absolute Gasteiger partial charge is 0.370 e. The van der Waals surface area contributed by atoms with E-state index in [1.807, 2.05) is 18.2 Å². The van der Waals surface area contributed by atoms with Crippen molar-refractivity contribution in [2.45, 2.75) is 18.9 Å². The second kappa shape index (κ2) is 5.47. The van der Waals surface area contributed by atoms with Gasteiger partial charge in [0.25, 0.3) is 0 Å². The number of likely N-dealkylation sites (tertiary alicyclic amines) is 1. The van der Waals surface area contributed by atoms with Gasteiger partial charge in [0, 0.05) is 13.1 Å². The molecule has 0 saturated carbocycles. The number of benzene rings is 1. The number of piperidine rings is 1. The molecular formula is C13H18Cl2N2. The highest BCUT2D eigenvalue weighted by Gasteiger charge is 2.22. The first-order chi connectivity index (χ1) is 8.09. The first-order valence-electron chi connectivity index (χ1n) is 5.95. The number of anilines is 1. The summed E-state index contributed by atoms with van der Waals surface area (Å²) >= 11 is 12.3. The van der Waals surface area contributed by atoms with Gasteiger partial charge in [0.15, 0.2) is 0 Å². The van der Waals surface area contributed by atoms with E-state index in [1.165, 1.54) is 12.8 Å². The fraction of sp³-hybridized carbons (Fsp3) is 0.538. The molecule has 0 atom stereocenters. The Bertz CT molecular complexity index is 387. The number of hydrogen-bond donors (Lipinski definition) is 0. The topological polar surface area (TPSA) is 6.48 Å². The molecule has 1 aromatic carbocycles. The summed E-state index contributed by atoms with van der Waals surface area (Å²) in [6.45, 7) is 2.29. The maximum atomic E-state index is 6.25. The molecule has 1 aliphatic heterocycles. The molecule has 0 unspecified atom stereocenters. The van der Waals surface area contributed by atoms with E-state index in [9.17, 15) is 0 Å². The minimum absolute atomic E-state index is 0.558. The van der Waals surface area contributed by atoms with Gasteiger partial charge in [0.1, 0.15) is 0 Å². The second-order valence-corrected chi connectivity index (χ2v) is 5.50. The molecule has 1 aliphatic rings. The first kappa shape index (κ1) is 13.0. The lowest BCUT2D eigenvalue weighted by Crippen LogP contribution is -2.42. The first-order valence-corrected chi connectivity index (χ1v) is 6.70. The summed E-state index contributed by atoms with van der Waals surface area (Å²) in [6.07, 6.45) is 2.35. The highest BCUT2D eigenvalue weighted by atomic mass is 35.5. The monoisotopic (exact) mass is 272 g/mol. The van der Waals surface area contributed by atoms with Crippen LogP contribution in [0.25, 0.3) is 0 Å². The lowest BCUT2D eigenvalue weighted by Gasteiger charge is -2.36. The maximum absolute atomic E-state index is 6.25. The summed E-state index contributed by atoms with van der Waals surface area (Å²) < 4.78 is 0. The molecule has 4 heteroatoms. The smallest absolute Gasteiger partial charge is 0.0825 e. The summed E-state index contributed by atoms with van der Waals surface area (Å²) in [4.78, 5) is 4.63. The Morgan fingerprint density at radius 3 is 2.53 bits per heavy atom. The fourth-order valence-corrected chi connectivity index (χ4v) is 2.77. The van der Waals surface area contributed by atoms with Crippen molar-refractivity contribution in [3.05, 3.63) is 28.2 Å². The average Bonchev–Trinajstić information content (AvgIpc) is 2.33. The van der Waals surface area contributed by atoms with Crippen molar-refractivity contribution < 1.29 is 0 Å². The third kappa shape index (κ3) is 2.87. The van der Waals surface area contributed by atoms with E-state index in [2.05, 4.69) is 23.9 Å². The van der Waals surface area contributed by atoms with Crippen LogP contribution in [0.4, 0.5) is 5.69 Å². The van der Waals surface area contributed by atoms with Crippen molar-refractivity contribution >= 4 is 28.9 Å². The van der Waals surface area contributed by atoms with Gasteiger partial charge < -0.3 is 9.80 Å². The van der Waals surface area contributed by atoms with Crippen molar-refractivity contribution in [3.63, 3.8) is 0 Å². The van der Waals surface area contributed by atoms with E-state index >= 15 is 0 Å². The number of hydrogen-bond acceptors (Lipinski definition) is 2. The Morgan fingerprint density at radius 1 is 1.24 bits per heavy atom. The van der Waals surface area contributed by atoms with E-state index < -0.39 is 0 Å². The van der Waals surface area contributed by atoms with Crippen LogP contribution in [0.3, 0.4) is 0 Å². The highest BCUT2D eigenvalue weighted by Crippen LogP contribution is 2.34. The third-order valence-electron chi connectivity index (χ3n) is 3.55. The normalized spacial score (nSPS) is 18.4. The van der Waals surface area contributed by atoms with Gasteiger partial charge in [-0.15, -0.1) is 0 Å². The maximum Gasteiger partial charge on any atom is 0.0825 e.